The molecule has 0 aromatic carbocycles. The van der Waals surface area contributed by atoms with Crippen LogP contribution in [0.25, 0.3) is 0 Å². The number of carbonyl (C=O) groups excluding carboxylic acids is 1. The summed E-state index contributed by atoms with van der Waals surface area (Å²) in [6, 6.07) is 0. The zero-order valence-corrected chi connectivity index (χ0v) is 10.5. The molecule has 0 radical (unpaired) electrons. The van der Waals surface area contributed by atoms with Gasteiger partial charge < -0.3 is 15.4 Å². The van der Waals surface area contributed by atoms with Crippen molar-refractivity contribution in [3.05, 3.63) is 11.6 Å². The van der Waals surface area contributed by atoms with Crippen LogP contribution in [0.2, 0.25) is 0 Å². The number of rotatable bonds is 4. The molecule has 1 rings (SSSR count). The zero-order chi connectivity index (χ0) is 12.2. The minimum Gasteiger partial charge on any atom is -0.380 e. The van der Waals surface area contributed by atoms with Crippen LogP contribution in [0.3, 0.4) is 0 Å². The highest BCUT2D eigenvalue weighted by molar-refractivity contribution is 5.82. The Morgan fingerprint density at radius 3 is 2.75 bits per heavy atom. The third-order valence-electron chi connectivity index (χ3n) is 3.01. The summed E-state index contributed by atoms with van der Waals surface area (Å²) in [6.45, 7) is 6.30. The van der Waals surface area contributed by atoms with E-state index in [1.54, 1.807) is 7.11 Å². The first-order valence-electron chi connectivity index (χ1n) is 5.67. The van der Waals surface area contributed by atoms with Gasteiger partial charge in [-0.25, -0.2) is 0 Å². The lowest BCUT2D eigenvalue weighted by Gasteiger charge is -2.33. The summed E-state index contributed by atoms with van der Waals surface area (Å²) in [7, 11) is 1.69. The highest BCUT2D eigenvalue weighted by Gasteiger charge is 2.31. The normalized spacial score (nSPS) is 17.2. The Bertz CT molecular complexity index is 285. The molecule has 0 aromatic heterocycles. The highest BCUT2D eigenvalue weighted by atomic mass is 16.5. The van der Waals surface area contributed by atoms with Gasteiger partial charge in [-0.3, -0.25) is 4.79 Å². The van der Waals surface area contributed by atoms with E-state index in [1.807, 2.05) is 18.7 Å². The van der Waals surface area contributed by atoms with E-state index in [4.69, 9.17) is 10.5 Å². The monoisotopic (exact) mass is 226 g/mol. The molecule has 1 heterocycles. The molecule has 0 atom stereocenters. The molecule has 16 heavy (non-hydrogen) atoms. The predicted octanol–water partition coefficient (Wildman–Crippen LogP) is 0.776. The number of amides is 1. The molecule has 92 valence electrons. The number of carbonyl (C=O) groups is 1. The Morgan fingerprint density at radius 1 is 1.62 bits per heavy atom. The number of hydrogen-bond acceptors (Lipinski definition) is 3. The third-order valence-corrected chi connectivity index (χ3v) is 3.01. The summed E-state index contributed by atoms with van der Waals surface area (Å²) in [6.07, 6.45) is 2.98. The molecule has 1 amide bonds. The fourth-order valence-electron chi connectivity index (χ4n) is 1.73. The van der Waals surface area contributed by atoms with Gasteiger partial charge in [-0.05, 0) is 25.8 Å². The van der Waals surface area contributed by atoms with Crippen LogP contribution < -0.4 is 5.73 Å². The van der Waals surface area contributed by atoms with Crippen LogP contribution >= 0.6 is 0 Å². The topological polar surface area (TPSA) is 55.6 Å². The molecule has 0 spiro atoms. The molecule has 0 aliphatic carbocycles. The van der Waals surface area contributed by atoms with Crippen molar-refractivity contribution in [1.29, 1.82) is 0 Å². The van der Waals surface area contributed by atoms with Gasteiger partial charge in [-0.2, -0.15) is 0 Å². The van der Waals surface area contributed by atoms with E-state index >= 15 is 0 Å². The van der Waals surface area contributed by atoms with Gasteiger partial charge in [0.15, 0.2) is 0 Å². The number of nitrogens with two attached hydrogens (primary N) is 1. The molecule has 0 aromatic rings. The van der Waals surface area contributed by atoms with Gasteiger partial charge >= 0.3 is 0 Å². The second kappa shape index (κ2) is 5.46. The Morgan fingerprint density at radius 2 is 2.31 bits per heavy atom. The molecule has 1 aliphatic rings. The van der Waals surface area contributed by atoms with Gasteiger partial charge in [0.2, 0.25) is 5.91 Å². The van der Waals surface area contributed by atoms with Crippen molar-refractivity contribution in [2.24, 2.45) is 11.1 Å². The summed E-state index contributed by atoms with van der Waals surface area (Å²) >= 11 is 0. The van der Waals surface area contributed by atoms with Gasteiger partial charge in [0, 0.05) is 26.7 Å². The average molecular weight is 226 g/mol. The van der Waals surface area contributed by atoms with Crippen LogP contribution in [0.5, 0.6) is 0 Å². The Kier molecular flexibility index (Phi) is 4.50. The van der Waals surface area contributed by atoms with Gasteiger partial charge in [0.25, 0.3) is 0 Å². The molecule has 0 unspecified atom stereocenters. The molecule has 0 saturated heterocycles. The molecule has 4 nitrogen and oxygen atoms in total. The Labute approximate surface area is 97.4 Å². The minimum atomic E-state index is -0.452. The van der Waals surface area contributed by atoms with Crippen LogP contribution in [0.15, 0.2) is 11.6 Å². The summed E-state index contributed by atoms with van der Waals surface area (Å²) in [5.41, 5.74) is 6.43. The first-order valence-corrected chi connectivity index (χ1v) is 5.67. The molecule has 1 aliphatic heterocycles. The van der Waals surface area contributed by atoms with Crippen molar-refractivity contribution in [1.82, 2.24) is 4.90 Å². The average Bonchev–Trinajstić information content (AvgIpc) is 2.29. The van der Waals surface area contributed by atoms with E-state index in [0.29, 0.717) is 19.7 Å². The summed E-state index contributed by atoms with van der Waals surface area (Å²) in [5.74, 6) is 0.141. The van der Waals surface area contributed by atoms with Crippen molar-refractivity contribution >= 4 is 5.91 Å². The molecular formula is C12H22N2O2. The summed E-state index contributed by atoms with van der Waals surface area (Å²) in [5, 5.41) is 0. The molecule has 0 fully saturated rings. The molecule has 0 bridgehead atoms. The molecule has 0 saturated carbocycles. The van der Waals surface area contributed by atoms with Crippen LogP contribution in [0, 0.1) is 5.41 Å². The fourth-order valence-corrected chi connectivity index (χ4v) is 1.73. The minimum absolute atomic E-state index is 0.141. The van der Waals surface area contributed by atoms with Crippen LogP contribution in [0.1, 0.15) is 20.3 Å². The van der Waals surface area contributed by atoms with Gasteiger partial charge in [0.05, 0.1) is 12.0 Å². The van der Waals surface area contributed by atoms with Gasteiger partial charge in [-0.15, -0.1) is 0 Å². The lowest BCUT2D eigenvalue weighted by atomic mass is 9.91. The Hall–Kier alpha value is -0.870. The van der Waals surface area contributed by atoms with Crippen LogP contribution in [0.4, 0.5) is 0 Å². The van der Waals surface area contributed by atoms with Crippen molar-refractivity contribution < 1.29 is 9.53 Å². The number of nitrogens with zero attached hydrogens (tertiary/aromatic N) is 1. The largest absolute Gasteiger partial charge is 0.380 e. The second-order valence-corrected chi connectivity index (χ2v) is 4.88. The van der Waals surface area contributed by atoms with Crippen molar-refractivity contribution in [3.63, 3.8) is 0 Å². The maximum atomic E-state index is 12.1. The molecule has 2 N–H and O–H groups in total. The van der Waals surface area contributed by atoms with E-state index in [1.165, 1.54) is 5.57 Å². The molecular weight excluding hydrogens is 204 g/mol. The predicted molar refractivity (Wildman–Crippen MR) is 64.0 cm³/mol. The zero-order valence-electron chi connectivity index (χ0n) is 10.5. The van der Waals surface area contributed by atoms with E-state index in [0.717, 1.165) is 13.0 Å². The van der Waals surface area contributed by atoms with Crippen molar-refractivity contribution in [2.45, 2.75) is 20.3 Å². The second-order valence-electron chi connectivity index (χ2n) is 4.88. The highest BCUT2D eigenvalue weighted by Crippen LogP contribution is 2.20. The standard InChI is InChI=1S/C12H22N2O2/c1-12(2,9-13)11(15)14-6-4-10(5-7-14)8-16-3/h4H,5-9,13H2,1-3H3. The third kappa shape index (κ3) is 3.06. The SMILES string of the molecule is COCC1=CCN(C(=O)C(C)(C)CN)CC1. The Balaban J connectivity index is 2.57. The quantitative estimate of drug-likeness (QED) is 0.721. The number of hydrogen-bond donors (Lipinski definition) is 1. The van der Waals surface area contributed by atoms with E-state index in [2.05, 4.69) is 6.08 Å². The van der Waals surface area contributed by atoms with Crippen LogP contribution in [-0.4, -0.2) is 44.2 Å². The first kappa shape index (κ1) is 13.2. The lowest BCUT2D eigenvalue weighted by Crippen LogP contribution is -2.46. The lowest BCUT2D eigenvalue weighted by molar-refractivity contribution is -0.139. The van der Waals surface area contributed by atoms with Crippen molar-refractivity contribution in [3.8, 4) is 0 Å². The number of methoxy groups -OCH3 is 1. The maximum Gasteiger partial charge on any atom is 0.229 e. The molecule has 4 heteroatoms. The van der Waals surface area contributed by atoms with E-state index < -0.39 is 5.41 Å². The summed E-state index contributed by atoms with van der Waals surface area (Å²) in [4.78, 5) is 14.0. The van der Waals surface area contributed by atoms with E-state index in [-0.39, 0.29) is 5.91 Å². The van der Waals surface area contributed by atoms with E-state index in [9.17, 15) is 4.79 Å². The maximum absolute atomic E-state index is 12.1. The smallest absolute Gasteiger partial charge is 0.229 e. The number of ether oxygens (including phenoxy) is 1. The fraction of sp³-hybridized carbons (Fsp3) is 0.750. The summed E-state index contributed by atoms with van der Waals surface area (Å²) < 4.78 is 5.07. The van der Waals surface area contributed by atoms with Crippen molar-refractivity contribution in [2.75, 3.05) is 33.4 Å². The van der Waals surface area contributed by atoms with Gasteiger partial charge in [-0.1, -0.05) is 6.08 Å². The first-order chi connectivity index (χ1) is 7.51. The van der Waals surface area contributed by atoms with Gasteiger partial charge in [0.1, 0.15) is 0 Å². The van der Waals surface area contributed by atoms with Crippen LogP contribution in [-0.2, 0) is 9.53 Å².